The summed E-state index contributed by atoms with van der Waals surface area (Å²) in [5.74, 6) is -0.233. The Morgan fingerprint density at radius 3 is 2.58 bits per heavy atom. The summed E-state index contributed by atoms with van der Waals surface area (Å²) in [6.45, 7) is 2.17. The van der Waals surface area contributed by atoms with Gasteiger partial charge in [-0.3, -0.25) is 0 Å². The van der Waals surface area contributed by atoms with Gasteiger partial charge in [0.05, 0.1) is 11.9 Å². The third kappa shape index (κ3) is 1.79. The molecule has 0 radical (unpaired) electrons. The highest BCUT2D eigenvalue weighted by molar-refractivity contribution is 7.20. The van der Waals surface area contributed by atoms with Gasteiger partial charge in [0.2, 0.25) is 10.1 Å². The van der Waals surface area contributed by atoms with Gasteiger partial charge in [0.1, 0.15) is 5.82 Å². The van der Waals surface area contributed by atoms with Crippen molar-refractivity contribution in [2.45, 2.75) is 6.42 Å². The average molecular weight is 274 g/mol. The highest BCUT2D eigenvalue weighted by Crippen LogP contribution is 2.28. The first kappa shape index (κ1) is 10.9. The molecule has 1 fully saturated rings. The van der Waals surface area contributed by atoms with Gasteiger partial charge in [0.25, 0.3) is 0 Å². The smallest absolute Gasteiger partial charge is 0.214 e. The molecule has 3 aromatic rings. The maximum absolute atomic E-state index is 12.9. The van der Waals surface area contributed by atoms with E-state index < -0.39 is 0 Å². The summed E-state index contributed by atoms with van der Waals surface area (Å²) in [5, 5.41) is 5.55. The van der Waals surface area contributed by atoms with Crippen molar-refractivity contribution >= 4 is 21.4 Å². The summed E-state index contributed by atoms with van der Waals surface area (Å²) in [5.41, 5.74) is 1.73. The monoisotopic (exact) mass is 274 g/mol. The number of imidazole rings is 1. The fraction of sp³-hybridized carbons (Fsp3) is 0.231. The molecule has 0 atom stereocenters. The maximum Gasteiger partial charge on any atom is 0.214 e. The zero-order chi connectivity index (χ0) is 12.8. The van der Waals surface area contributed by atoms with Crippen molar-refractivity contribution in [3.05, 3.63) is 36.3 Å². The van der Waals surface area contributed by atoms with E-state index in [0.29, 0.717) is 0 Å². The summed E-state index contributed by atoms with van der Waals surface area (Å²) < 4.78 is 14.7. The zero-order valence-corrected chi connectivity index (χ0v) is 10.9. The number of hydrogen-bond donors (Lipinski definition) is 0. The molecular formula is C13H11FN4S. The van der Waals surface area contributed by atoms with E-state index in [0.717, 1.165) is 34.4 Å². The number of halogens is 1. The lowest BCUT2D eigenvalue weighted by Crippen LogP contribution is -2.36. The van der Waals surface area contributed by atoms with Crippen molar-refractivity contribution in [1.29, 1.82) is 0 Å². The quantitative estimate of drug-likeness (QED) is 0.720. The molecule has 0 bridgehead atoms. The standard InChI is InChI=1S/C13H11FN4S/c14-10-4-2-9(3-5-10)11-8-18-12(15-11)19-13(16-18)17-6-1-7-17/h2-5,8H,1,6-7H2. The molecule has 3 heterocycles. The molecule has 2 aromatic heterocycles. The largest absolute Gasteiger partial charge is 0.347 e. The van der Waals surface area contributed by atoms with Crippen molar-refractivity contribution < 1.29 is 4.39 Å². The van der Waals surface area contributed by atoms with Crippen LogP contribution in [0.3, 0.4) is 0 Å². The van der Waals surface area contributed by atoms with E-state index in [4.69, 9.17) is 0 Å². The van der Waals surface area contributed by atoms with Crippen LogP contribution in [-0.4, -0.2) is 27.7 Å². The highest BCUT2D eigenvalue weighted by atomic mass is 32.1. The molecule has 0 aliphatic carbocycles. The van der Waals surface area contributed by atoms with Crippen LogP contribution < -0.4 is 4.90 Å². The van der Waals surface area contributed by atoms with Gasteiger partial charge in [0, 0.05) is 18.7 Å². The Morgan fingerprint density at radius 1 is 1.16 bits per heavy atom. The van der Waals surface area contributed by atoms with Gasteiger partial charge in [0.15, 0.2) is 0 Å². The normalized spacial score (nSPS) is 14.9. The van der Waals surface area contributed by atoms with Crippen LogP contribution in [0.1, 0.15) is 6.42 Å². The first-order chi connectivity index (χ1) is 9.29. The molecule has 19 heavy (non-hydrogen) atoms. The van der Waals surface area contributed by atoms with Crippen LogP contribution in [0.4, 0.5) is 9.52 Å². The van der Waals surface area contributed by atoms with Gasteiger partial charge >= 0.3 is 0 Å². The Kier molecular flexibility index (Phi) is 2.32. The zero-order valence-electron chi connectivity index (χ0n) is 10.1. The number of benzene rings is 1. The van der Waals surface area contributed by atoms with Crippen LogP contribution in [0.5, 0.6) is 0 Å². The minimum atomic E-state index is -0.233. The molecule has 6 heteroatoms. The Bertz CT molecular complexity index is 695. The summed E-state index contributed by atoms with van der Waals surface area (Å²) in [4.78, 5) is 7.67. The second-order valence-electron chi connectivity index (χ2n) is 4.59. The second kappa shape index (κ2) is 4.03. The molecule has 1 aliphatic heterocycles. The number of rotatable bonds is 2. The van der Waals surface area contributed by atoms with Crippen LogP contribution in [-0.2, 0) is 0 Å². The molecule has 0 amide bonds. The molecule has 4 rings (SSSR count). The molecule has 0 N–H and O–H groups in total. The van der Waals surface area contributed by atoms with Gasteiger partial charge < -0.3 is 4.90 Å². The molecule has 0 spiro atoms. The van der Waals surface area contributed by atoms with Gasteiger partial charge in [-0.1, -0.05) is 11.3 Å². The first-order valence-electron chi connectivity index (χ1n) is 6.17. The van der Waals surface area contributed by atoms with Gasteiger partial charge in [-0.25, -0.2) is 13.9 Å². The summed E-state index contributed by atoms with van der Waals surface area (Å²) in [7, 11) is 0. The van der Waals surface area contributed by atoms with E-state index in [1.807, 2.05) is 6.20 Å². The molecule has 0 unspecified atom stereocenters. The molecular weight excluding hydrogens is 263 g/mol. The second-order valence-corrected chi connectivity index (χ2v) is 5.52. The van der Waals surface area contributed by atoms with E-state index in [9.17, 15) is 4.39 Å². The van der Waals surface area contributed by atoms with Crippen LogP contribution in [0, 0.1) is 5.82 Å². The number of anilines is 1. The van der Waals surface area contributed by atoms with Crippen molar-refractivity contribution in [2.75, 3.05) is 18.0 Å². The third-order valence-corrected chi connectivity index (χ3v) is 4.28. The molecule has 96 valence electrons. The first-order valence-corrected chi connectivity index (χ1v) is 6.98. The van der Waals surface area contributed by atoms with Crippen molar-refractivity contribution in [3.8, 4) is 11.3 Å². The van der Waals surface area contributed by atoms with Crippen LogP contribution >= 0.6 is 11.3 Å². The number of fused-ring (bicyclic) bond motifs is 1. The maximum atomic E-state index is 12.9. The average Bonchev–Trinajstić information content (AvgIpc) is 2.85. The van der Waals surface area contributed by atoms with Crippen molar-refractivity contribution in [2.24, 2.45) is 0 Å². The molecule has 4 nitrogen and oxygen atoms in total. The van der Waals surface area contributed by atoms with Crippen molar-refractivity contribution in [1.82, 2.24) is 14.6 Å². The van der Waals surface area contributed by atoms with Crippen molar-refractivity contribution in [3.63, 3.8) is 0 Å². The third-order valence-electron chi connectivity index (χ3n) is 3.30. The fourth-order valence-corrected chi connectivity index (χ4v) is 3.02. The van der Waals surface area contributed by atoms with Gasteiger partial charge in [-0.15, -0.1) is 5.10 Å². The minimum Gasteiger partial charge on any atom is -0.347 e. The Balaban J connectivity index is 1.72. The van der Waals surface area contributed by atoms with E-state index >= 15 is 0 Å². The highest BCUT2D eigenvalue weighted by Gasteiger charge is 2.19. The fourth-order valence-electron chi connectivity index (χ4n) is 2.08. The van der Waals surface area contributed by atoms with Crippen LogP contribution in [0.2, 0.25) is 0 Å². The predicted molar refractivity (Wildman–Crippen MR) is 73.1 cm³/mol. The Hall–Kier alpha value is -1.95. The predicted octanol–water partition coefficient (Wildman–Crippen LogP) is 2.81. The van der Waals surface area contributed by atoms with E-state index in [1.54, 1.807) is 28.0 Å². The molecule has 1 saturated heterocycles. The number of nitrogens with zero attached hydrogens (tertiary/aromatic N) is 4. The van der Waals surface area contributed by atoms with Crippen LogP contribution in [0.25, 0.3) is 16.2 Å². The molecule has 1 aromatic carbocycles. The van der Waals surface area contributed by atoms with Gasteiger partial charge in [-0.2, -0.15) is 0 Å². The van der Waals surface area contributed by atoms with E-state index in [2.05, 4.69) is 15.0 Å². The lowest BCUT2D eigenvalue weighted by Gasteiger charge is -2.29. The summed E-state index contributed by atoms with van der Waals surface area (Å²) in [6, 6.07) is 6.36. The SMILES string of the molecule is Fc1ccc(-c2cn3nc(N4CCC4)sc3n2)cc1. The number of aromatic nitrogens is 3. The van der Waals surface area contributed by atoms with E-state index in [1.165, 1.54) is 18.6 Å². The summed E-state index contributed by atoms with van der Waals surface area (Å²) >= 11 is 1.59. The summed E-state index contributed by atoms with van der Waals surface area (Å²) in [6.07, 6.45) is 3.13. The topological polar surface area (TPSA) is 33.4 Å². The Labute approximate surface area is 113 Å². The Morgan fingerprint density at radius 2 is 1.95 bits per heavy atom. The van der Waals surface area contributed by atoms with Gasteiger partial charge in [-0.05, 0) is 30.7 Å². The minimum absolute atomic E-state index is 0.233. The lowest BCUT2D eigenvalue weighted by molar-refractivity contribution is 0.611. The molecule has 0 saturated carbocycles. The number of hydrogen-bond acceptors (Lipinski definition) is 4. The molecule has 1 aliphatic rings. The van der Waals surface area contributed by atoms with E-state index in [-0.39, 0.29) is 5.82 Å². The lowest BCUT2D eigenvalue weighted by atomic mass is 10.2. The van der Waals surface area contributed by atoms with Crippen LogP contribution in [0.15, 0.2) is 30.5 Å².